The van der Waals surface area contributed by atoms with Gasteiger partial charge in [-0.2, -0.15) is 0 Å². The van der Waals surface area contributed by atoms with Gasteiger partial charge in [-0.05, 0) is 85.6 Å². The van der Waals surface area contributed by atoms with E-state index >= 15 is 0 Å². The van der Waals surface area contributed by atoms with E-state index < -0.39 is 11.0 Å². The molecule has 1 atom stereocenters. The van der Waals surface area contributed by atoms with E-state index in [0.717, 1.165) is 45.2 Å². The molecule has 0 amide bonds. The van der Waals surface area contributed by atoms with Crippen LogP contribution in [0.25, 0.3) is 22.5 Å². The number of rotatable bonds is 7. The molecule has 2 heterocycles. The van der Waals surface area contributed by atoms with E-state index in [4.69, 9.17) is 14.5 Å². The van der Waals surface area contributed by atoms with Crippen molar-refractivity contribution in [3.05, 3.63) is 171 Å². The summed E-state index contributed by atoms with van der Waals surface area (Å²) in [5, 5.41) is 14.0. The Morgan fingerprint density at radius 1 is 1.00 bits per heavy atom. The molecule has 8 rings (SSSR count). The highest BCUT2D eigenvalue weighted by Crippen LogP contribution is 2.42. The second-order valence-corrected chi connectivity index (χ2v) is 13.8. The first-order valence-electron chi connectivity index (χ1n) is 15.7. The van der Waals surface area contributed by atoms with E-state index in [1.165, 1.54) is 23.0 Å². The molecule has 1 aliphatic carbocycles. The van der Waals surface area contributed by atoms with E-state index in [1.807, 2.05) is 60.7 Å². The maximum absolute atomic E-state index is 14.3. The number of nitrogens with zero attached hydrogens (tertiary/aromatic N) is 3. The van der Waals surface area contributed by atoms with Gasteiger partial charge in [-0.25, -0.2) is 4.99 Å². The summed E-state index contributed by atoms with van der Waals surface area (Å²) in [5.41, 5.74) is 6.30. The second kappa shape index (κ2) is 12.6. The van der Waals surface area contributed by atoms with Crippen LogP contribution < -0.4 is 24.4 Å². The molecule has 0 saturated carbocycles. The quantitative estimate of drug-likeness (QED) is 0.124. The molecular formula is C39H28BrN3O5S. The summed E-state index contributed by atoms with van der Waals surface area (Å²) in [4.78, 5) is 31.2. The van der Waals surface area contributed by atoms with E-state index in [1.54, 1.807) is 23.8 Å². The largest absolute Gasteiger partial charge is 0.493 e. The van der Waals surface area contributed by atoms with Gasteiger partial charge in [-0.3, -0.25) is 19.5 Å². The smallest absolute Gasteiger partial charge is 0.271 e. The fraction of sp³-hybridized carbons (Fsp3) is 0.128. The highest BCUT2D eigenvalue weighted by molar-refractivity contribution is 9.10. The van der Waals surface area contributed by atoms with Gasteiger partial charge < -0.3 is 9.47 Å². The van der Waals surface area contributed by atoms with E-state index in [-0.39, 0.29) is 11.2 Å². The number of aryl methyl sites for hydroxylation is 1. The van der Waals surface area contributed by atoms with Crippen molar-refractivity contribution in [1.82, 2.24) is 4.57 Å². The van der Waals surface area contributed by atoms with Crippen LogP contribution in [0.4, 0.5) is 5.69 Å². The fourth-order valence-corrected chi connectivity index (χ4v) is 8.39. The molecular weight excluding hydrogens is 702 g/mol. The zero-order valence-corrected chi connectivity index (χ0v) is 28.7. The molecule has 1 aliphatic heterocycles. The maximum Gasteiger partial charge on any atom is 0.271 e. The van der Waals surface area contributed by atoms with Gasteiger partial charge in [0.05, 0.1) is 32.8 Å². The molecule has 6 aromatic rings. The van der Waals surface area contributed by atoms with Crippen LogP contribution in [0.15, 0.2) is 123 Å². The van der Waals surface area contributed by atoms with Crippen LogP contribution in [0, 0.1) is 10.1 Å². The number of benzene rings is 5. The van der Waals surface area contributed by atoms with Crippen molar-refractivity contribution in [3.8, 4) is 11.5 Å². The minimum atomic E-state index is -0.521. The van der Waals surface area contributed by atoms with Crippen molar-refractivity contribution in [2.45, 2.75) is 25.5 Å². The number of allylic oxidation sites excluding steroid dienone is 1. The predicted molar refractivity (Wildman–Crippen MR) is 195 cm³/mol. The Morgan fingerprint density at radius 3 is 2.65 bits per heavy atom. The number of hydrogen-bond acceptors (Lipinski definition) is 7. The molecule has 2 aliphatic rings. The van der Waals surface area contributed by atoms with Crippen LogP contribution in [0.3, 0.4) is 0 Å². The first kappa shape index (κ1) is 31.0. The minimum Gasteiger partial charge on any atom is -0.493 e. The number of aromatic nitrogens is 1. The lowest BCUT2D eigenvalue weighted by Crippen LogP contribution is -2.38. The summed E-state index contributed by atoms with van der Waals surface area (Å²) in [5.74, 6) is 1.08. The molecule has 0 spiro atoms. The molecule has 242 valence electrons. The molecule has 49 heavy (non-hydrogen) atoms. The van der Waals surface area contributed by atoms with Gasteiger partial charge in [-0.1, -0.05) is 90.2 Å². The SMILES string of the molecule is COc1cc(/C=c2/sc3n(c2=O)[C@H](c2cccc([N+](=O)[O-])c2)C2=C(N=3)c3ccccc3CC2)cc(Br)c1OCc1cccc2ccccc12. The average Bonchev–Trinajstić information content (AvgIpc) is 3.43. The number of nitro groups is 1. The molecule has 10 heteroatoms. The Balaban J connectivity index is 1.22. The monoisotopic (exact) mass is 729 g/mol. The topological polar surface area (TPSA) is 96.0 Å². The number of halogens is 1. The average molecular weight is 731 g/mol. The first-order valence-corrected chi connectivity index (χ1v) is 17.3. The molecule has 0 fully saturated rings. The van der Waals surface area contributed by atoms with Gasteiger partial charge in [0.1, 0.15) is 6.61 Å². The maximum atomic E-state index is 14.3. The third-order valence-electron chi connectivity index (χ3n) is 9.07. The standard InChI is InChI=1S/C39H28BrN3O5S/c1-47-33-19-23(18-32(40)37(33)48-22-27-12-6-10-24-8-2-4-14-29(24)27)20-34-38(44)42-36(26-11-7-13-28(21-26)43(45)46)31-17-16-25-9-3-5-15-30(25)35(31)41-39(42)49-34/h2-15,18-21,36H,16-17,22H2,1H3/b34-20+/t36-/m1/s1. The highest BCUT2D eigenvalue weighted by Gasteiger charge is 2.33. The second-order valence-electron chi connectivity index (χ2n) is 11.9. The third kappa shape index (κ3) is 5.56. The van der Waals surface area contributed by atoms with Crippen molar-refractivity contribution >= 4 is 55.5 Å². The molecule has 5 aromatic carbocycles. The molecule has 0 bridgehead atoms. The normalized spacial score (nSPS) is 15.3. The van der Waals surface area contributed by atoms with Crippen molar-refractivity contribution in [2.75, 3.05) is 7.11 Å². The van der Waals surface area contributed by atoms with Gasteiger partial charge in [0.2, 0.25) is 0 Å². The van der Waals surface area contributed by atoms with E-state index in [0.29, 0.717) is 43.9 Å². The van der Waals surface area contributed by atoms with E-state index in [9.17, 15) is 14.9 Å². The third-order valence-corrected chi connectivity index (χ3v) is 10.6. The van der Waals surface area contributed by atoms with Crippen molar-refractivity contribution in [1.29, 1.82) is 0 Å². The van der Waals surface area contributed by atoms with Gasteiger partial charge in [0.25, 0.3) is 11.2 Å². The number of thiazole rings is 1. The molecule has 0 saturated heterocycles. The number of fused-ring (bicyclic) bond motifs is 4. The Morgan fingerprint density at radius 2 is 1.80 bits per heavy atom. The van der Waals surface area contributed by atoms with E-state index in [2.05, 4.69) is 46.3 Å². The molecule has 0 unspecified atom stereocenters. The fourth-order valence-electron chi connectivity index (χ4n) is 6.81. The van der Waals surface area contributed by atoms with Gasteiger partial charge >= 0.3 is 0 Å². The Labute approximate surface area is 293 Å². The number of non-ortho nitro benzene ring substituents is 1. The number of ether oxygens (including phenoxy) is 2. The molecule has 0 N–H and O–H groups in total. The van der Waals surface area contributed by atoms with Crippen LogP contribution >= 0.6 is 27.3 Å². The van der Waals surface area contributed by atoms with Crippen LogP contribution in [-0.2, 0) is 13.0 Å². The summed E-state index contributed by atoms with van der Waals surface area (Å²) >= 11 is 4.98. The first-order chi connectivity index (χ1) is 23.9. The van der Waals surface area contributed by atoms with Crippen molar-refractivity contribution in [2.24, 2.45) is 4.99 Å². The lowest BCUT2D eigenvalue weighted by molar-refractivity contribution is -0.384. The summed E-state index contributed by atoms with van der Waals surface area (Å²) in [6.07, 6.45) is 3.31. The van der Waals surface area contributed by atoms with Crippen molar-refractivity contribution in [3.63, 3.8) is 0 Å². The number of methoxy groups -OCH3 is 1. The van der Waals surface area contributed by atoms with Crippen LogP contribution in [-0.4, -0.2) is 16.6 Å². The molecule has 8 nitrogen and oxygen atoms in total. The van der Waals surface area contributed by atoms with Crippen LogP contribution in [0.2, 0.25) is 0 Å². The summed E-state index contributed by atoms with van der Waals surface area (Å²) in [6, 6.07) is 32.3. The highest BCUT2D eigenvalue weighted by atomic mass is 79.9. The van der Waals surface area contributed by atoms with Crippen LogP contribution in [0.5, 0.6) is 11.5 Å². The van der Waals surface area contributed by atoms with Crippen molar-refractivity contribution < 1.29 is 14.4 Å². The molecule has 0 radical (unpaired) electrons. The zero-order valence-electron chi connectivity index (χ0n) is 26.3. The number of nitro benzene ring substituents is 1. The Kier molecular flexibility index (Phi) is 7.97. The lowest BCUT2D eigenvalue weighted by Gasteiger charge is -2.30. The molecule has 1 aromatic heterocycles. The van der Waals surface area contributed by atoms with Crippen LogP contribution in [0.1, 0.15) is 40.3 Å². The Bertz CT molecular complexity index is 2530. The Hall–Kier alpha value is -5.32. The predicted octanol–water partition coefficient (Wildman–Crippen LogP) is 7.73. The number of hydrogen-bond donors (Lipinski definition) is 0. The minimum absolute atomic E-state index is 0.0188. The van der Waals surface area contributed by atoms with Gasteiger partial charge in [0.15, 0.2) is 16.3 Å². The van der Waals surface area contributed by atoms with Gasteiger partial charge in [-0.15, -0.1) is 0 Å². The summed E-state index contributed by atoms with van der Waals surface area (Å²) < 4.78 is 14.9. The van der Waals surface area contributed by atoms with Gasteiger partial charge in [0, 0.05) is 17.7 Å². The zero-order chi connectivity index (χ0) is 33.6. The summed E-state index contributed by atoms with van der Waals surface area (Å²) in [7, 11) is 1.59. The lowest BCUT2D eigenvalue weighted by atomic mass is 9.83. The summed E-state index contributed by atoms with van der Waals surface area (Å²) in [6.45, 7) is 0.347.